The molecule has 0 atom stereocenters. The summed E-state index contributed by atoms with van der Waals surface area (Å²) < 4.78 is 3.09. The van der Waals surface area contributed by atoms with Crippen LogP contribution in [0.15, 0.2) is 59.5 Å². The first kappa shape index (κ1) is 18.0. The van der Waals surface area contributed by atoms with Crippen molar-refractivity contribution in [3.63, 3.8) is 0 Å². The van der Waals surface area contributed by atoms with Crippen molar-refractivity contribution < 1.29 is 4.79 Å². The summed E-state index contributed by atoms with van der Waals surface area (Å²) in [5, 5.41) is 8.79. The van der Waals surface area contributed by atoms with Crippen LogP contribution in [-0.4, -0.2) is 26.8 Å². The van der Waals surface area contributed by atoms with Gasteiger partial charge in [0.25, 0.3) is 5.56 Å². The molecular weight excluding hydrogens is 352 g/mol. The zero-order valence-electron chi connectivity index (χ0n) is 16.0. The zero-order valence-corrected chi connectivity index (χ0v) is 16.0. The van der Waals surface area contributed by atoms with Gasteiger partial charge < -0.3 is 9.88 Å². The highest BCUT2D eigenvalue weighted by Crippen LogP contribution is 2.25. The number of carbonyl (C=O) groups is 1. The summed E-state index contributed by atoms with van der Waals surface area (Å²) >= 11 is 0. The normalized spacial score (nSPS) is 11.2. The average molecular weight is 374 g/mol. The molecule has 0 saturated heterocycles. The van der Waals surface area contributed by atoms with Gasteiger partial charge in [0, 0.05) is 29.9 Å². The minimum absolute atomic E-state index is 0.0944. The molecule has 0 saturated carbocycles. The van der Waals surface area contributed by atoms with Crippen LogP contribution in [0.1, 0.15) is 11.1 Å². The first-order chi connectivity index (χ1) is 13.5. The maximum atomic E-state index is 12.7. The average Bonchev–Trinajstić information content (AvgIpc) is 3.01. The molecule has 4 rings (SSSR count). The fraction of sp³-hybridized carbons (Fsp3) is 0.227. The van der Waals surface area contributed by atoms with Gasteiger partial charge in [-0.1, -0.05) is 48.0 Å². The van der Waals surface area contributed by atoms with Crippen molar-refractivity contribution in [3.8, 4) is 0 Å². The third-order valence-corrected chi connectivity index (χ3v) is 5.02. The highest BCUT2D eigenvalue weighted by Gasteiger charge is 2.16. The van der Waals surface area contributed by atoms with E-state index in [-0.39, 0.29) is 18.0 Å². The molecular formula is C22H22N4O2. The predicted molar refractivity (Wildman–Crippen MR) is 110 cm³/mol. The third kappa shape index (κ3) is 3.29. The maximum Gasteiger partial charge on any atom is 0.291 e. The zero-order chi connectivity index (χ0) is 19.7. The van der Waals surface area contributed by atoms with Crippen LogP contribution in [-0.2, 0) is 24.8 Å². The van der Waals surface area contributed by atoms with Crippen LogP contribution in [0.3, 0.4) is 0 Å². The van der Waals surface area contributed by atoms with Gasteiger partial charge in [0.1, 0.15) is 12.1 Å². The van der Waals surface area contributed by atoms with E-state index in [1.807, 2.05) is 24.3 Å². The summed E-state index contributed by atoms with van der Waals surface area (Å²) in [5.41, 5.74) is 3.56. The molecule has 1 amide bonds. The van der Waals surface area contributed by atoms with Crippen molar-refractivity contribution in [1.29, 1.82) is 0 Å². The molecule has 2 aromatic heterocycles. The minimum atomic E-state index is -0.207. The summed E-state index contributed by atoms with van der Waals surface area (Å²) in [5.74, 6) is -0.117. The Balaban J connectivity index is 1.58. The number of rotatable bonds is 5. The number of hydrogen-bond acceptors (Lipinski definition) is 3. The molecule has 6 nitrogen and oxygen atoms in total. The van der Waals surface area contributed by atoms with E-state index in [2.05, 4.69) is 41.6 Å². The van der Waals surface area contributed by atoms with E-state index in [1.165, 1.54) is 15.8 Å². The molecule has 0 bridgehead atoms. The number of nitrogens with one attached hydrogen (secondary N) is 1. The van der Waals surface area contributed by atoms with Crippen LogP contribution in [0.25, 0.3) is 21.8 Å². The van der Waals surface area contributed by atoms with E-state index in [4.69, 9.17) is 0 Å². The van der Waals surface area contributed by atoms with Gasteiger partial charge >= 0.3 is 0 Å². The summed E-state index contributed by atoms with van der Waals surface area (Å²) in [6, 6.07) is 16.0. The lowest BCUT2D eigenvalue weighted by atomic mass is 10.1. The lowest BCUT2D eigenvalue weighted by Crippen LogP contribution is -2.30. The fourth-order valence-corrected chi connectivity index (χ4v) is 3.51. The van der Waals surface area contributed by atoms with Crippen LogP contribution in [0.5, 0.6) is 0 Å². The van der Waals surface area contributed by atoms with E-state index in [0.29, 0.717) is 12.1 Å². The molecule has 0 unspecified atom stereocenters. The van der Waals surface area contributed by atoms with Crippen molar-refractivity contribution in [2.75, 3.05) is 6.54 Å². The second-order valence-electron chi connectivity index (χ2n) is 7.02. The molecule has 2 aromatic carbocycles. The van der Waals surface area contributed by atoms with Crippen LogP contribution in [0.2, 0.25) is 0 Å². The molecule has 28 heavy (non-hydrogen) atoms. The Kier molecular flexibility index (Phi) is 4.69. The van der Waals surface area contributed by atoms with E-state index < -0.39 is 0 Å². The van der Waals surface area contributed by atoms with E-state index >= 15 is 0 Å². The molecule has 142 valence electrons. The van der Waals surface area contributed by atoms with Gasteiger partial charge in [-0.15, -0.1) is 0 Å². The molecule has 0 radical (unpaired) electrons. The number of aryl methyl sites for hydroxylation is 2. The summed E-state index contributed by atoms with van der Waals surface area (Å²) in [6.07, 6.45) is 2.45. The number of fused-ring (bicyclic) bond motifs is 3. The Morgan fingerprint density at radius 2 is 1.82 bits per heavy atom. The second-order valence-corrected chi connectivity index (χ2v) is 7.02. The fourth-order valence-electron chi connectivity index (χ4n) is 3.51. The SMILES string of the molecule is Cc1ccc(CCNC(=O)Cn2c3ccccc3c3cnn(C)c(=O)c32)cc1. The summed E-state index contributed by atoms with van der Waals surface area (Å²) in [7, 11) is 1.62. The van der Waals surface area contributed by atoms with Gasteiger partial charge in [-0.05, 0) is 25.0 Å². The summed E-state index contributed by atoms with van der Waals surface area (Å²) in [6.45, 7) is 2.70. The van der Waals surface area contributed by atoms with Gasteiger partial charge in [-0.2, -0.15) is 5.10 Å². The highest BCUT2D eigenvalue weighted by molar-refractivity contribution is 6.07. The van der Waals surface area contributed by atoms with Gasteiger partial charge in [0.2, 0.25) is 5.91 Å². The van der Waals surface area contributed by atoms with Crippen molar-refractivity contribution in [3.05, 3.63) is 76.2 Å². The van der Waals surface area contributed by atoms with Gasteiger partial charge in [-0.25, -0.2) is 4.68 Å². The van der Waals surface area contributed by atoms with E-state index in [1.54, 1.807) is 17.8 Å². The molecule has 0 aliphatic carbocycles. The van der Waals surface area contributed by atoms with E-state index in [9.17, 15) is 9.59 Å². The largest absolute Gasteiger partial charge is 0.354 e. The molecule has 0 aliphatic heterocycles. The van der Waals surface area contributed by atoms with Crippen LogP contribution in [0, 0.1) is 6.92 Å². The molecule has 4 aromatic rings. The number of carbonyl (C=O) groups excluding carboxylic acids is 1. The number of benzene rings is 2. The van der Waals surface area contributed by atoms with Gasteiger partial charge in [0.05, 0.1) is 6.20 Å². The van der Waals surface area contributed by atoms with Crippen molar-refractivity contribution in [2.45, 2.75) is 19.9 Å². The minimum Gasteiger partial charge on any atom is -0.354 e. The number of amides is 1. The quantitative estimate of drug-likeness (QED) is 0.584. The first-order valence-corrected chi connectivity index (χ1v) is 9.30. The van der Waals surface area contributed by atoms with Crippen molar-refractivity contribution in [1.82, 2.24) is 19.7 Å². The number of hydrogen-bond donors (Lipinski definition) is 1. The third-order valence-electron chi connectivity index (χ3n) is 5.02. The molecule has 2 heterocycles. The Morgan fingerprint density at radius 3 is 2.61 bits per heavy atom. The van der Waals surface area contributed by atoms with Gasteiger partial charge in [-0.3, -0.25) is 9.59 Å². The molecule has 0 spiro atoms. The molecule has 1 N–H and O–H groups in total. The predicted octanol–water partition coefficient (Wildman–Crippen LogP) is 2.56. The lowest BCUT2D eigenvalue weighted by Gasteiger charge is -2.09. The highest BCUT2D eigenvalue weighted by atomic mass is 16.2. The van der Waals surface area contributed by atoms with E-state index in [0.717, 1.165) is 22.7 Å². The second kappa shape index (κ2) is 7.31. The Hall–Kier alpha value is -3.41. The number of aromatic nitrogens is 3. The standard InChI is InChI=1S/C22H22N4O2/c1-15-7-9-16(10-8-15)11-12-23-20(27)14-26-19-6-4-3-5-17(19)18-13-24-25(2)22(28)21(18)26/h3-10,13H,11-12,14H2,1-2H3,(H,23,27). The molecule has 0 aliphatic rings. The molecule has 6 heteroatoms. The molecule has 0 fully saturated rings. The van der Waals surface area contributed by atoms with Crippen LogP contribution >= 0.6 is 0 Å². The number of nitrogens with zero attached hydrogens (tertiary/aromatic N) is 3. The Labute approximate surface area is 162 Å². The van der Waals surface area contributed by atoms with Gasteiger partial charge in [0.15, 0.2) is 0 Å². The Morgan fingerprint density at radius 1 is 1.07 bits per heavy atom. The topological polar surface area (TPSA) is 68.9 Å². The summed E-state index contributed by atoms with van der Waals surface area (Å²) in [4.78, 5) is 25.3. The van der Waals surface area contributed by atoms with Crippen molar-refractivity contribution in [2.24, 2.45) is 7.05 Å². The Bertz CT molecular complexity index is 1220. The maximum absolute atomic E-state index is 12.7. The monoisotopic (exact) mass is 374 g/mol. The van der Waals surface area contributed by atoms with Crippen molar-refractivity contribution >= 4 is 27.7 Å². The smallest absolute Gasteiger partial charge is 0.291 e. The number of para-hydroxylation sites is 1. The van der Waals surface area contributed by atoms with Crippen LogP contribution < -0.4 is 10.9 Å². The van der Waals surface area contributed by atoms with Crippen LogP contribution in [0.4, 0.5) is 0 Å². The first-order valence-electron chi connectivity index (χ1n) is 9.30. The lowest BCUT2D eigenvalue weighted by molar-refractivity contribution is -0.121.